The van der Waals surface area contributed by atoms with Crippen LogP contribution in [-0.4, -0.2) is 36.3 Å². The third kappa shape index (κ3) is 4.53. The van der Waals surface area contributed by atoms with Crippen LogP contribution in [-0.2, 0) is 21.5 Å². The molecule has 0 amide bonds. The van der Waals surface area contributed by atoms with Crippen molar-refractivity contribution in [2.45, 2.75) is 17.9 Å². The van der Waals surface area contributed by atoms with Crippen LogP contribution in [0.1, 0.15) is 11.4 Å². The molecular weight excluding hydrogens is 520 g/mol. The van der Waals surface area contributed by atoms with Crippen LogP contribution in [0.25, 0.3) is 27.3 Å². The van der Waals surface area contributed by atoms with E-state index in [-0.39, 0.29) is 18.7 Å². The Morgan fingerprint density at radius 3 is 2.82 bits per heavy atom. The van der Waals surface area contributed by atoms with Crippen molar-refractivity contribution in [3.05, 3.63) is 57.7 Å². The molecule has 0 saturated heterocycles. The molecule has 0 saturated carbocycles. The zero-order valence-electron chi connectivity index (χ0n) is 17.5. The van der Waals surface area contributed by atoms with Crippen LogP contribution >= 0.6 is 34.7 Å². The maximum absolute atomic E-state index is 11.7. The van der Waals surface area contributed by atoms with E-state index in [1.165, 1.54) is 23.1 Å². The first-order chi connectivity index (χ1) is 16.2. The highest BCUT2D eigenvalue weighted by Gasteiger charge is 2.30. The minimum atomic E-state index is -4.09. The lowest BCUT2D eigenvalue weighted by molar-refractivity contribution is -0.656. The van der Waals surface area contributed by atoms with Crippen molar-refractivity contribution in [3.63, 3.8) is 0 Å². The molecule has 3 heterocycles. The lowest BCUT2D eigenvalue weighted by atomic mass is 10.2. The van der Waals surface area contributed by atoms with E-state index in [0.29, 0.717) is 17.2 Å². The van der Waals surface area contributed by atoms with Gasteiger partial charge in [-0.25, -0.2) is 4.79 Å². The summed E-state index contributed by atoms with van der Waals surface area (Å²) in [7, 11) is -4.09. The van der Waals surface area contributed by atoms with Crippen molar-refractivity contribution in [2.24, 2.45) is 0 Å². The Morgan fingerprint density at radius 1 is 1.24 bits per heavy atom. The summed E-state index contributed by atoms with van der Waals surface area (Å²) < 4.78 is 39.8. The number of aromatic nitrogens is 1. The molecule has 4 aromatic rings. The van der Waals surface area contributed by atoms with Gasteiger partial charge in [-0.15, -0.1) is 0 Å². The fourth-order valence-electron chi connectivity index (χ4n) is 3.97. The third-order valence-corrected chi connectivity index (χ3v) is 8.59. The first-order valence-electron chi connectivity index (χ1n) is 10.2. The van der Waals surface area contributed by atoms with E-state index in [4.69, 9.17) is 20.6 Å². The maximum atomic E-state index is 11.7. The van der Waals surface area contributed by atoms with Gasteiger partial charge in [-0.2, -0.15) is 13.0 Å². The van der Waals surface area contributed by atoms with Crippen LogP contribution in [0.5, 0.6) is 0 Å². The summed E-state index contributed by atoms with van der Waals surface area (Å²) in [6.45, 7) is 0.109. The monoisotopic (exact) mass is 537 g/mol. The van der Waals surface area contributed by atoms with Crippen molar-refractivity contribution in [1.29, 1.82) is 0 Å². The predicted octanol–water partition coefficient (Wildman–Crippen LogP) is 4.86. The Hall–Kier alpha value is -2.57. The zero-order chi connectivity index (χ0) is 24.0. The predicted molar refractivity (Wildman–Crippen MR) is 133 cm³/mol. The molecule has 2 N–H and O–H groups in total. The summed E-state index contributed by atoms with van der Waals surface area (Å²) in [5.74, 6) is -1.33. The fourth-order valence-corrected chi connectivity index (χ4v) is 6.93. The molecule has 1 aliphatic rings. The SMILES string of the molecule is O=C(O)C[n+]1c(C=C2Sc3ccc(Cl)cc3N2CCCS(=O)(=O)O)sc2ccc3occc3c21. The number of nitrogens with zero attached hydrogens (tertiary/aromatic N) is 2. The maximum Gasteiger partial charge on any atom is 0.370 e. The summed E-state index contributed by atoms with van der Waals surface area (Å²) in [5, 5.41) is 12.5. The number of benzene rings is 2. The summed E-state index contributed by atoms with van der Waals surface area (Å²) in [4.78, 5) is 14.6. The number of aliphatic carboxylic acids is 1. The van der Waals surface area contributed by atoms with Crippen molar-refractivity contribution >= 4 is 83.7 Å². The Labute approximate surface area is 207 Å². The van der Waals surface area contributed by atoms with Crippen LogP contribution < -0.4 is 9.47 Å². The lowest BCUT2D eigenvalue weighted by Crippen LogP contribution is -2.39. The minimum Gasteiger partial charge on any atom is -0.477 e. The van der Waals surface area contributed by atoms with Gasteiger partial charge in [-0.1, -0.05) is 34.7 Å². The van der Waals surface area contributed by atoms with Crippen LogP contribution in [0.4, 0.5) is 5.69 Å². The number of rotatable bonds is 7. The minimum absolute atomic E-state index is 0.208. The zero-order valence-corrected chi connectivity index (χ0v) is 20.7. The molecule has 2 aromatic carbocycles. The van der Waals surface area contributed by atoms with Gasteiger partial charge in [0, 0.05) is 16.5 Å². The third-order valence-electron chi connectivity index (χ3n) is 5.34. The molecule has 176 valence electrons. The molecule has 0 spiro atoms. The van der Waals surface area contributed by atoms with E-state index in [1.54, 1.807) is 16.9 Å². The lowest BCUT2D eigenvalue weighted by Gasteiger charge is -2.20. The Kier molecular flexibility index (Phi) is 6.07. The number of halogens is 1. The van der Waals surface area contributed by atoms with Gasteiger partial charge in [0.1, 0.15) is 10.3 Å². The van der Waals surface area contributed by atoms with E-state index in [1.807, 2.05) is 41.3 Å². The van der Waals surface area contributed by atoms with E-state index < -0.39 is 16.1 Å². The Bertz CT molecular complexity index is 1570. The van der Waals surface area contributed by atoms with Gasteiger partial charge in [0.15, 0.2) is 0 Å². The van der Waals surface area contributed by atoms with Gasteiger partial charge < -0.3 is 14.4 Å². The van der Waals surface area contributed by atoms with Crippen LogP contribution in [0, 0.1) is 0 Å². The Morgan fingerprint density at radius 2 is 2.06 bits per heavy atom. The van der Waals surface area contributed by atoms with Crippen molar-refractivity contribution in [1.82, 2.24) is 0 Å². The van der Waals surface area contributed by atoms with E-state index in [9.17, 15) is 18.3 Å². The van der Waals surface area contributed by atoms with Crippen molar-refractivity contribution in [3.8, 4) is 0 Å². The number of furan rings is 1. The number of thioether (sulfide) groups is 1. The normalized spacial score (nSPS) is 15.0. The second-order valence-electron chi connectivity index (χ2n) is 7.65. The van der Waals surface area contributed by atoms with E-state index >= 15 is 0 Å². The van der Waals surface area contributed by atoms with Gasteiger partial charge in [0.2, 0.25) is 12.1 Å². The number of carboxylic acid groups (broad SMARTS) is 1. The highest BCUT2D eigenvalue weighted by Crippen LogP contribution is 2.48. The molecule has 0 radical (unpaired) electrons. The van der Waals surface area contributed by atoms with Gasteiger partial charge in [0.25, 0.3) is 15.1 Å². The molecule has 34 heavy (non-hydrogen) atoms. The number of carbonyl (C=O) groups is 1. The second kappa shape index (κ2) is 8.90. The van der Waals surface area contributed by atoms with Gasteiger partial charge >= 0.3 is 5.97 Å². The topological polar surface area (TPSA) is 112 Å². The molecule has 0 fully saturated rings. The quantitative estimate of drug-likeness (QED) is 0.254. The summed E-state index contributed by atoms with van der Waals surface area (Å²) in [5.41, 5.74) is 2.29. The fraction of sp³-hybridized carbons (Fsp3) is 0.182. The van der Waals surface area contributed by atoms with Gasteiger partial charge in [0.05, 0.1) is 34.2 Å². The molecule has 8 nitrogen and oxygen atoms in total. The van der Waals surface area contributed by atoms with Gasteiger partial charge in [-0.3, -0.25) is 4.55 Å². The first-order valence-corrected chi connectivity index (χ1v) is 13.8. The van der Waals surface area contributed by atoms with Crippen molar-refractivity contribution < 1.29 is 31.9 Å². The number of anilines is 1. The second-order valence-corrected chi connectivity index (χ2v) is 11.8. The van der Waals surface area contributed by atoms with Crippen LogP contribution in [0.3, 0.4) is 0 Å². The van der Waals surface area contributed by atoms with E-state index in [0.717, 1.165) is 36.2 Å². The summed E-state index contributed by atoms with van der Waals surface area (Å²) >= 11 is 9.17. The number of carboxylic acids is 1. The first kappa shape index (κ1) is 23.2. The number of hydrogen-bond acceptors (Lipinski definition) is 7. The standard InChI is InChI=1S/C22H17ClN2O6S3/c23-13-2-4-17-15(10-13)24(7-1-9-34(28,29)30)19(32-17)11-20-25(12-21(26)27)22-14-6-8-31-16(14)3-5-18(22)33-20/h2-6,8,10-11H,1,7,9,12H2,(H-,26,27,28,29,30)/p+1. The molecular formula is C22H18ClN2O6S3+. The summed E-state index contributed by atoms with van der Waals surface area (Å²) in [6, 6.07) is 11.1. The molecule has 12 heteroatoms. The summed E-state index contributed by atoms with van der Waals surface area (Å²) in [6.07, 6.45) is 3.70. The molecule has 5 rings (SSSR count). The van der Waals surface area contributed by atoms with Crippen molar-refractivity contribution in [2.75, 3.05) is 17.2 Å². The average Bonchev–Trinajstić information content (AvgIpc) is 3.43. The van der Waals surface area contributed by atoms with Crippen LogP contribution in [0.2, 0.25) is 5.02 Å². The molecule has 2 aromatic heterocycles. The number of fused-ring (bicyclic) bond motifs is 4. The number of hydrogen-bond donors (Lipinski definition) is 2. The highest BCUT2D eigenvalue weighted by molar-refractivity contribution is 8.03. The Balaban J connectivity index is 1.62. The highest BCUT2D eigenvalue weighted by atomic mass is 35.5. The molecule has 0 atom stereocenters. The largest absolute Gasteiger partial charge is 0.477 e. The molecule has 0 aliphatic carbocycles. The molecule has 1 aliphatic heterocycles. The number of thiazole rings is 1. The van der Waals surface area contributed by atoms with E-state index in [2.05, 4.69) is 0 Å². The molecule has 0 unspecified atom stereocenters. The van der Waals surface area contributed by atoms with Gasteiger partial charge in [-0.05, 0) is 42.8 Å². The molecule has 0 bridgehead atoms. The average molecular weight is 538 g/mol. The smallest absolute Gasteiger partial charge is 0.370 e. The van der Waals surface area contributed by atoms with Crippen LogP contribution in [0.15, 0.2) is 57.0 Å².